The van der Waals surface area contributed by atoms with E-state index in [-0.39, 0.29) is 11.7 Å². The molecule has 5 nitrogen and oxygen atoms in total. The molecule has 0 heterocycles. The molecule has 0 aliphatic rings. The predicted molar refractivity (Wildman–Crippen MR) is 117 cm³/mol. The predicted octanol–water partition coefficient (Wildman–Crippen LogP) is 4.34. The lowest BCUT2D eigenvalue weighted by Crippen LogP contribution is -2.30. The third-order valence-corrected chi connectivity index (χ3v) is 5.25. The van der Waals surface area contributed by atoms with Crippen LogP contribution in [0.4, 0.5) is 5.69 Å². The van der Waals surface area contributed by atoms with Gasteiger partial charge in [0.15, 0.2) is 6.10 Å². The van der Waals surface area contributed by atoms with Crippen LogP contribution in [0.25, 0.3) is 11.1 Å². The molecule has 0 saturated heterocycles. The highest BCUT2D eigenvalue weighted by atomic mass is 32.2. The number of hydrogen-bond acceptors (Lipinski definition) is 4. The zero-order valence-corrected chi connectivity index (χ0v) is 16.8. The van der Waals surface area contributed by atoms with Crippen molar-refractivity contribution in [2.75, 3.05) is 11.1 Å². The molecule has 0 aliphatic heterocycles. The van der Waals surface area contributed by atoms with Crippen LogP contribution in [0.2, 0.25) is 0 Å². The third-order valence-electron chi connectivity index (χ3n) is 4.16. The molecule has 3 aromatic carbocycles. The summed E-state index contributed by atoms with van der Waals surface area (Å²) in [6.07, 6.45) is -0.688. The lowest BCUT2D eigenvalue weighted by Gasteiger charge is -2.16. The molecule has 2 amide bonds. The molecule has 0 spiro atoms. The molecule has 0 aliphatic carbocycles. The van der Waals surface area contributed by atoms with E-state index in [9.17, 15) is 9.59 Å². The molecule has 1 unspecified atom stereocenters. The van der Waals surface area contributed by atoms with Crippen molar-refractivity contribution in [2.24, 2.45) is 5.73 Å². The van der Waals surface area contributed by atoms with Gasteiger partial charge in [-0.05, 0) is 42.3 Å². The number of ether oxygens (including phenoxy) is 1. The number of benzene rings is 3. The first kappa shape index (κ1) is 20.5. The average Bonchev–Trinajstić information content (AvgIpc) is 2.74. The molecular formula is C23H22N2O3S. The standard InChI is InChI=1S/C23H22N2O3S/c1-16(23(27)25-20-9-5-6-10-21(20)29-15-22(24)26)28-19-13-11-18(12-14-19)17-7-3-2-4-8-17/h2-14,16H,15H2,1H3,(H2,24,26)(H,25,27). The van der Waals surface area contributed by atoms with Crippen molar-refractivity contribution < 1.29 is 14.3 Å². The molecule has 1 atom stereocenters. The van der Waals surface area contributed by atoms with Gasteiger partial charge in [-0.3, -0.25) is 9.59 Å². The summed E-state index contributed by atoms with van der Waals surface area (Å²) in [6.45, 7) is 1.69. The summed E-state index contributed by atoms with van der Waals surface area (Å²) in [5, 5.41) is 2.85. The minimum atomic E-state index is -0.688. The summed E-state index contributed by atoms with van der Waals surface area (Å²) in [5.74, 6) is 0.0759. The maximum Gasteiger partial charge on any atom is 0.265 e. The second-order valence-corrected chi connectivity index (χ2v) is 7.41. The second-order valence-electron chi connectivity index (χ2n) is 6.39. The van der Waals surface area contributed by atoms with Crippen LogP contribution < -0.4 is 15.8 Å². The Kier molecular flexibility index (Phi) is 6.92. The molecular weight excluding hydrogens is 384 g/mol. The molecule has 0 bridgehead atoms. The van der Waals surface area contributed by atoms with E-state index in [1.54, 1.807) is 13.0 Å². The Morgan fingerprint density at radius 1 is 0.931 bits per heavy atom. The molecule has 6 heteroatoms. The molecule has 29 heavy (non-hydrogen) atoms. The topological polar surface area (TPSA) is 81.4 Å². The van der Waals surface area contributed by atoms with Gasteiger partial charge in [-0.15, -0.1) is 11.8 Å². The number of rotatable bonds is 8. The van der Waals surface area contributed by atoms with E-state index in [1.165, 1.54) is 11.8 Å². The van der Waals surface area contributed by atoms with Crippen molar-refractivity contribution in [1.82, 2.24) is 0 Å². The van der Waals surface area contributed by atoms with Crippen molar-refractivity contribution in [3.05, 3.63) is 78.9 Å². The van der Waals surface area contributed by atoms with Crippen molar-refractivity contribution in [1.29, 1.82) is 0 Å². The van der Waals surface area contributed by atoms with E-state index in [0.717, 1.165) is 16.0 Å². The molecule has 0 radical (unpaired) electrons. The maximum atomic E-state index is 12.6. The van der Waals surface area contributed by atoms with Gasteiger partial charge in [-0.25, -0.2) is 0 Å². The lowest BCUT2D eigenvalue weighted by atomic mass is 10.1. The van der Waals surface area contributed by atoms with Gasteiger partial charge in [0.2, 0.25) is 5.91 Å². The number of hydrogen-bond donors (Lipinski definition) is 2. The SMILES string of the molecule is CC(Oc1ccc(-c2ccccc2)cc1)C(=O)Nc1ccccc1SCC(N)=O. The van der Waals surface area contributed by atoms with Crippen LogP contribution in [-0.2, 0) is 9.59 Å². The van der Waals surface area contributed by atoms with E-state index >= 15 is 0 Å². The van der Waals surface area contributed by atoms with E-state index in [1.807, 2.05) is 72.8 Å². The fourth-order valence-electron chi connectivity index (χ4n) is 2.69. The summed E-state index contributed by atoms with van der Waals surface area (Å²) in [5.41, 5.74) is 8.03. The molecule has 0 aromatic heterocycles. The zero-order valence-electron chi connectivity index (χ0n) is 16.0. The highest BCUT2D eigenvalue weighted by molar-refractivity contribution is 8.00. The molecule has 3 aromatic rings. The van der Waals surface area contributed by atoms with Crippen molar-refractivity contribution in [3.63, 3.8) is 0 Å². The number of nitrogens with one attached hydrogen (secondary N) is 1. The Balaban J connectivity index is 1.62. The Morgan fingerprint density at radius 2 is 1.55 bits per heavy atom. The smallest absolute Gasteiger partial charge is 0.265 e. The number of nitrogens with two attached hydrogens (primary N) is 1. The average molecular weight is 407 g/mol. The van der Waals surface area contributed by atoms with Crippen molar-refractivity contribution in [2.45, 2.75) is 17.9 Å². The van der Waals surface area contributed by atoms with E-state index in [2.05, 4.69) is 5.32 Å². The van der Waals surface area contributed by atoms with Gasteiger partial charge in [0.05, 0.1) is 11.4 Å². The third kappa shape index (κ3) is 5.86. The first-order valence-corrected chi connectivity index (χ1v) is 10.1. The molecule has 0 fully saturated rings. The highest BCUT2D eigenvalue weighted by Crippen LogP contribution is 2.27. The normalized spacial score (nSPS) is 11.5. The van der Waals surface area contributed by atoms with Crippen LogP contribution in [0, 0.1) is 0 Å². The second kappa shape index (κ2) is 9.80. The molecule has 3 rings (SSSR count). The Hall–Kier alpha value is -3.25. The van der Waals surface area contributed by atoms with Crippen molar-refractivity contribution in [3.8, 4) is 16.9 Å². The van der Waals surface area contributed by atoms with Crippen LogP contribution in [0.3, 0.4) is 0 Å². The van der Waals surface area contributed by atoms with Crippen LogP contribution in [0.1, 0.15) is 6.92 Å². The summed E-state index contributed by atoms with van der Waals surface area (Å²) >= 11 is 1.28. The number of carbonyl (C=O) groups excluding carboxylic acids is 2. The quantitative estimate of drug-likeness (QED) is 0.546. The summed E-state index contributed by atoms with van der Waals surface area (Å²) in [6, 6.07) is 24.9. The van der Waals surface area contributed by atoms with Gasteiger partial charge < -0.3 is 15.8 Å². The Morgan fingerprint density at radius 3 is 2.24 bits per heavy atom. The van der Waals surface area contributed by atoms with E-state index in [4.69, 9.17) is 10.5 Å². The minimum absolute atomic E-state index is 0.146. The van der Waals surface area contributed by atoms with Gasteiger partial charge in [0, 0.05) is 4.90 Å². The van der Waals surface area contributed by atoms with E-state index in [0.29, 0.717) is 11.4 Å². The van der Waals surface area contributed by atoms with Crippen LogP contribution in [0.15, 0.2) is 83.8 Å². The summed E-state index contributed by atoms with van der Waals surface area (Å²) < 4.78 is 5.78. The molecule has 3 N–H and O–H groups in total. The number of anilines is 1. The minimum Gasteiger partial charge on any atom is -0.481 e. The lowest BCUT2D eigenvalue weighted by molar-refractivity contribution is -0.122. The van der Waals surface area contributed by atoms with Crippen LogP contribution in [0.5, 0.6) is 5.75 Å². The van der Waals surface area contributed by atoms with Gasteiger partial charge in [-0.1, -0.05) is 54.6 Å². The zero-order chi connectivity index (χ0) is 20.6. The number of amides is 2. The van der Waals surface area contributed by atoms with Gasteiger partial charge >= 0.3 is 0 Å². The van der Waals surface area contributed by atoms with Crippen molar-refractivity contribution >= 4 is 29.3 Å². The van der Waals surface area contributed by atoms with Gasteiger partial charge in [-0.2, -0.15) is 0 Å². The van der Waals surface area contributed by atoms with E-state index < -0.39 is 12.0 Å². The van der Waals surface area contributed by atoms with Crippen LogP contribution >= 0.6 is 11.8 Å². The fourth-order valence-corrected chi connectivity index (χ4v) is 3.44. The summed E-state index contributed by atoms with van der Waals surface area (Å²) in [7, 11) is 0. The Bertz CT molecular complexity index is 975. The maximum absolute atomic E-state index is 12.6. The van der Waals surface area contributed by atoms with Gasteiger partial charge in [0.25, 0.3) is 5.91 Å². The monoisotopic (exact) mass is 406 g/mol. The number of carbonyl (C=O) groups is 2. The fraction of sp³-hybridized carbons (Fsp3) is 0.130. The van der Waals surface area contributed by atoms with Gasteiger partial charge in [0.1, 0.15) is 5.75 Å². The largest absolute Gasteiger partial charge is 0.481 e. The number of thioether (sulfide) groups is 1. The molecule has 148 valence electrons. The molecule has 0 saturated carbocycles. The first-order valence-electron chi connectivity index (χ1n) is 9.16. The number of para-hydroxylation sites is 1. The highest BCUT2D eigenvalue weighted by Gasteiger charge is 2.16. The first-order chi connectivity index (χ1) is 14.0. The summed E-state index contributed by atoms with van der Waals surface area (Å²) in [4.78, 5) is 24.4. The Labute approximate surface area is 174 Å². The number of primary amides is 1. The van der Waals surface area contributed by atoms with Crippen LogP contribution in [-0.4, -0.2) is 23.7 Å².